The summed E-state index contributed by atoms with van der Waals surface area (Å²) < 4.78 is 0. The Bertz CT molecular complexity index is 157. The molecule has 0 aromatic heterocycles. The molecule has 1 rings (SSSR count). The van der Waals surface area contributed by atoms with Crippen molar-refractivity contribution in [3.05, 3.63) is 0 Å². The van der Waals surface area contributed by atoms with Crippen LogP contribution in [0.15, 0.2) is 0 Å². The van der Waals surface area contributed by atoms with Crippen LogP contribution in [0.4, 0.5) is 0 Å². The van der Waals surface area contributed by atoms with Crippen LogP contribution in [0, 0.1) is 11.8 Å². The number of aliphatic carboxylic acids is 1. The molecule has 1 saturated heterocycles. The van der Waals surface area contributed by atoms with Crippen molar-refractivity contribution in [1.82, 2.24) is 5.32 Å². The molecule has 0 spiro atoms. The average Bonchev–Trinajstić information content (AvgIpc) is 2.51. The van der Waals surface area contributed by atoms with Gasteiger partial charge in [0, 0.05) is 6.54 Å². The van der Waals surface area contributed by atoms with E-state index < -0.39 is 5.97 Å². The number of carboxylic acid groups (broad SMARTS) is 1. The third-order valence-corrected chi connectivity index (χ3v) is 3.46. The summed E-state index contributed by atoms with van der Waals surface area (Å²) in [6, 6.07) is 0. The maximum absolute atomic E-state index is 10.8. The first kappa shape index (κ1) is 9.86. The number of thioether (sulfide) groups is 1. The number of carboxylic acids is 1. The summed E-state index contributed by atoms with van der Waals surface area (Å²) in [5.41, 5.74) is 0. The maximum Gasteiger partial charge on any atom is 0.308 e. The minimum absolute atomic E-state index is 0.190. The Kier molecular flexibility index (Phi) is 3.88. The third kappa shape index (κ3) is 2.38. The molecule has 0 bridgehead atoms. The van der Waals surface area contributed by atoms with Crippen molar-refractivity contribution < 1.29 is 9.90 Å². The van der Waals surface area contributed by atoms with Gasteiger partial charge < -0.3 is 10.4 Å². The smallest absolute Gasteiger partial charge is 0.308 e. The second kappa shape index (κ2) is 4.72. The minimum atomic E-state index is -0.656. The van der Waals surface area contributed by atoms with E-state index in [9.17, 15) is 4.79 Å². The van der Waals surface area contributed by atoms with Gasteiger partial charge in [-0.05, 0) is 30.9 Å². The number of nitrogens with one attached hydrogen (secondary N) is 1. The molecule has 1 aliphatic rings. The predicted molar refractivity (Wildman–Crippen MR) is 50.5 cm³/mol. The van der Waals surface area contributed by atoms with Crippen molar-refractivity contribution in [2.24, 2.45) is 11.8 Å². The first-order valence-corrected chi connectivity index (χ1v) is 5.36. The van der Waals surface area contributed by atoms with Gasteiger partial charge in [0.25, 0.3) is 0 Å². The fraction of sp³-hybridized carbons (Fsp3) is 0.875. The molecule has 1 fully saturated rings. The summed E-state index contributed by atoms with van der Waals surface area (Å²) >= 11 is 1.86. The van der Waals surface area contributed by atoms with Crippen LogP contribution in [0.25, 0.3) is 0 Å². The van der Waals surface area contributed by atoms with Gasteiger partial charge in [0.15, 0.2) is 0 Å². The van der Waals surface area contributed by atoms with Crippen molar-refractivity contribution in [1.29, 1.82) is 0 Å². The molecule has 70 valence electrons. The highest BCUT2D eigenvalue weighted by Crippen LogP contribution is 2.29. The largest absolute Gasteiger partial charge is 0.481 e. The maximum atomic E-state index is 10.8. The molecule has 1 aliphatic heterocycles. The van der Waals surface area contributed by atoms with E-state index in [1.807, 2.05) is 11.8 Å². The van der Waals surface area contributed by atoms with Crippen molar-refractivity contribution in [3.63, 3.8) is 0 Å². The van der Waals surface area contributed by atoms with E-state index in [4.69, 9.17) is 5.11 Å². The molecule has 2 atom stereocenters. The summed E-state index contributed by atoms with van der Waals surface area (Å²) in [6.07, 6.45) is 1.06. The lowest BCUT2D eigenvalue weighted by atomic mass is 9.92. The van der Waals surface area contributed by atoms with Crippen LogP contribution in [0.3, 0.4) is 0 Å². The summed E-state index contributed by atoms with van der Waals surface area (Å²) in [4.78, 5) is 10.8. The van der Waals surface area contributed by atoms with E-state index in [0.29, 0.717) is 12.5 Å². The average molecular weight is 189 g/mol. The Morgan fingerprint density at radius 2 is 2.58 bits per heavy atom. The molecule has 2 N–H and O–H groups in total. The lowest BCUT2D eigenvalue weighted by Gasteiger charge is -2.17. The predicted octanol–water partition coefficient (Wildman–Crippen LogP) is 0.660. The van der Waals surface area contributed by atoms with Crippen LogP contribution >= 0.6 is 11.8 Å². The number of hydrogen-bond acceptors (Lipinski definition) is 3. The fourth-order valence-electron chi connectivity index (χ4n) is 1.55. The number of rotatable bonds is 4. The van der Waals surface area contributed by atoms with Gasteiger partial charge in [-0.25, -0.2) is 0 Å². The number of carbonyl (C=O) groups is 1. The second-order valence-electron chi connectivity index (χ2n) is 3.13. The highest BCUT2D eigenvalue weighted by atomic mass is 32.2. The first-order chi connectivity index (χ1) is 5.75. The zero-order chi connectivity index (χ0) is 8.97. The second-order valence-corrected chi connectivity index (χ2v) is 4.28. The van der Waals surface area contributed by atoms with Gasteiger partial charge in [-0.1, -0.05) is 0 Å². The Morgan fingerprint density at radius 3 is 3.00 bits per heavy atom. The molecule has 3 nitrogen and oxygen atoms in total. The summed E-state index contributed by atoms with van der Waals surface area (Å²) in [6.45, 7) is 0.598. The SMILES string of the molecule is CNCC(C(=O)O)C1CCSC1. The molecule has 0 aromatic carbocycles. The molecule has 0 amide bonds. The quantitative estimate of drug-likeness (QED) is 0.682. The standard InChI is InChI=1S/C8H15NO2S/c1-9-4-7(8(10)11)6-2-3-12-5-6/h6-7,9H,2-5H2,1H3,(H,10,11). The Morgan fingerprint density at radius 1 is 1.83 bits per heavy atom. The van der Waals surface area contributed by atoms with E-state index in [0.717, 1.165) is 17.9 Å². The van der Waals surface area contributed by atoms with Gasteiger partial charge in [0.1, 0.15) is 0 Å². The van der Waals surface area contributed by atoms with Gasteiger partial charge in [-0.3, -0.25) is 4.79 Å². The van der Waals surface area contributed by atoms with Gasteiger partial charge in [0.2, 0.25) is 0 Å². The lowest BCUT2D eigenvalue weighted by Crippen LogP contribution is -2.32. The van der Waals surface area contributed by atoms with E-state index >= 15 is 0 Å². The first-order valence-electron chi connectivity index (χ1n) is 4.21. The van der Waals surface area contributed by atoms with Crippen molar-refractivity contribution in [3.8, 4) is 0 Å². The minimum Gasteiger partial charge on any atom is -0.481 e. The van der Waals surface area contributed by atoms with Gasteiger partial charge in [-0.2, -0.15) is 11.8 Å². The molecule has 4 heteroatoms. The highest BCUT2D eigenvalue weighted by molar-refractivity contribution is 7.99. The van der Waals surface area contributed by atoms with E-state index in [1.165, 1.54) is 0 Å². The Hall–Kier alpha value is -0.220. The van der Waals surface area contributed by atoms with Crippen molar-refractivity contribution in [2.75, 3.05) is 25.1 Å². The zero-order valence-corrected chi connectivity index (χ0v) is 8.06. The molecule has 0 aromatic rings. The topological polar surface area (TPSA) is 49.3 Å². The van der Waals surface area contributed by atoms with Crippen molar-refractivity contribution in [2.45, 2.75) is 6.42 Å². The lowest BCUT2D eigenvalue weighted by molar-refractivity contribution is -0.143. The summed E-state index contributed by atoms with van der Waals surface area (Å²) in [7, 11) is 1.80. The molecule has 0 aliphatic carbocycles. The van der Waals surface area contributed by atoms with E-state index in [-0.39, 0.29) is 5.92 Å². The summed E-state index contributed by atoms with van der Waals surface area (Å²) in [5, 5.41) is 11.9. The normalized spacial score (nSPS) is 25.6. The Balaban J connectivity index is 2.45. The Labute approximate surface area is 76.9 Å². The van der Waals surface area contributed by atoms with Crippen LogP contribution in [-0.2, 0) is 4.79 Å². The molecular weight excluding hydrogens is 174 g/mol. The molecular formula is C8H15NO2S. The molecule has 1 heterocycles. The molecule has 0 saturated carbocycles. The van der Waals surface area contributed by atoms with Gasteiger partial charge in [0.05, 0.1) is 5.92 Å². The number of hydrogen-bond donors (Lipinski definition) is 2. The molecule has 2 unspecified atom stereocenters. The summed E-state index contributed by atoms with van der Waals surface area (Å²) in [5.74, 6) is 1.67. The van der Waals surface area contributed by atoms with Gasteiger partial charge in [-0.15, -0.1) is 0 Å². The molecule has 0 radical (unpaired) electrons. The van der Waals surface area contributed by atoms with Crippen molar-refractivity contribution >= 4 is 17.7 Å². The van der Waals surface area contributed by atoms with E-state index in [2.05, 4.69) is 5.32 Å². The molecule has 12 heavy (non-hydrogen) atoms. The van der Waals surface area contributed by atoms with Crippen LogP contribution in [0.5, 0.6) is 0 Å². The fourth-order valence-corrected chi connectivity index (χ4v) is 2.88. The monoisotopic (exact) mass is 189 g/mol. The van der Waals surface area contributed by atoms with E-state index in [1.54, 1.807) is 7.05 Å². The van der Waals surface area contributed by atoms with Crippen LogP contribution < -0.4 is 5.32 Å². The zero-order valence-electron chi connectivity index (χ0n) is 7.25. The third-order valence-electron chi connectivity index (χ3n) is 2.28. The van der Waals surface area contributed by atoms with Crippen LogP contribution in [0.2, 0.25) is 0 Å². The van der Waals surface area contributed by atoms with Crippen LogP contribution in [-0.4, -0.2) is 36.2 Å². The highest BCUT2D eigenvalue weighted by Gasteiger charge is 2.29. The van der Waals surface area contributed by atoms with Crippen LogP contribution in [0.1, 0.15) is 6.42 Å². The van der Waals surface area contributed by atoms with Gasteiger partial charge >= 0.3 is 5.97 Å².